The minimum Gasteiger partial charge on any atom is -0.378 e. The number of carbonyl (C=O) groups excluding carboxylic acids is 1. The Hall–Kier alpha value is -3.26. The van der Waals surface area contributed by atoms with Crippen molar-refractivity contribution in [2.45, 2.75) is 6.92 Å². The van der Waals surface area contributed by atoms with E-state index in [2.05, 4.69) is 30.5 Å². The van der Waals surface area contributed by atoms with Gasteiger partial charge in [0.1, 0.15) is 11.5 Å². The lowest BCUT2D eigenvalue weighted by Crippen LogP contribution is -2.37. The lowest BCUT2D eigenvalue weighted by Gasteiger charge is -2.28. The van der Waals surface area contributed by atoms with Gasteiger partial charge in [0.05, 0.1) is 13.2 Å². The largest absolute Gasteiger partial charge is 0.378 e. The zero-order valence-electron chi connectivity index (χ0n) is 16.4. The highest BCUT2D eigenvalue weighted by molar-refractivity contribution is 6.05. The van der Waals surface area contributed by atoms with Crippen LogP contribution in [0.5, 0.6) is 0 Å². The maximum absolute atomic E-state index is 12.5. The summed E-state index contributed by atoms with van der Waals surface area (Å²) < 4.78 is 5.40. The first kappa shape index (κ1) is 19.1. The fraction of sp³-hybridized carbons (Fsp3) is 0.333. The molecule has 0 unspecified atom stereocenters. The van der Waals surface area contributed by atoms with Crippen LogP contribution in [0.4, 0.5) is 11.8 Å². The van der Waals surface area contributed by atoms with Crippen molar-refractivity contribution in [2.75, 3.05) is 49.6 Å². The van der Waals surface area contributed by atoms with Crippen LogP contribution in [0.15, 0.2) is 42.6 Å². The van der Waals surface area contributed by atoms with Crippen molar-refractivity contribution < 1.29 is 9.53 Å². The van der Waals surface area contributed by atoms with Crippen molar-refractivity contribution in [3.63, 3.8) is 0 Å². The average Bonchev–Trinajstić information content (AvgIpc) is 2.76. The van der Waals surface area contributed by atoms with Crippen LogP contribution in [0.25, 0.3) is 10.8 Å². The van der Waals surface area contributed by atoms with Crippen molar-refractivity contribution in [3.05, 3.63) is 54.0 Å². The van der Waals surface area contributed by atoms with Crippen LogP contribution in [-0.4, -0.2) is 60.3 Å². The number of hydrogen-bond donors (Lipinski definition) is 2. The standard InChI is InChI=1S/C21H24N6O2/c1-15-14-18(27-10-12-29-13-11-27)26-21(25-15)24-9-8-23-20(28)19-17-5-3-2-4-16(17)6-7-22-19/h2-7,14H,8-13H2,1H3,(H,23,28)(H,24,25,26). The number of hydrogen-bond acceptors (Lipinski definition) is 7. The molecule has 0 bridgehead atoms. The first-order chi connectivity index (χ1) is 14.2. The number of pyridine rings is 1. The monoisotopic (exact) mass is 392 g/mol. The molecule has 2 N–H and O–H groups in total. The maximum atomic E-state index is 12.5. The van der Waals surface area contributed by atoms with Gasteiger partial charge in [0, 0.05) is 49.5 Å². The first-order valence-electron chi connectivity index (χ1n) is 9.75. The fourth-order valence-electron chi connectivity index (χ4n) is 3.32. The van der Waals surface area contributed by atoms with Crippen molar-refractivity contribution >= 4 is 28.4 Å². The van der Waals surface area contributed by atoms with Gasteiger partial charge >= 0.3 is 0 Å². The molecule has 0 radical (unpaired) electrons. The number of ether oxygens (including phenoxy) is 1. The fourth-order valence-corrected chi connectivity index (χ4v) is 3.32. The Labute approximate surface area is 169 Å². The predicted octanol–water partition coefficient (Wildman–Crippen LogP) is 2.01. The third-order valence-electron chi connectivity index (χ3n) is 4.76. The molecule has 0 saturated carbocycles. The molecule has 0 aliphatic carbocycles. The quantitative estimate of drug-likeness (QED) is 0.620. The van der Waals surface area contributed by atoms with E-state index in [0.717, 1.165) is 35.4 Å². The van der Waals surface area contributed by atoms with E-state index in [1.54, 1.807) is 6.20 Å². The summed E-state index contributed by atoms with van der Waals surface area (Å²) in [6, 6.07) is 11.6. The molecule has 1 fully saturated rings. The Balaban J connectivity index is 1.34. The summed E-state index contributed by atoms with van der Waals surface area (Å²) in [7, 11) is 0. The van der Waals surface area contributed by atoms with E-state index < -0.39 is 0 Å². The number of nitrogens with zero attached hydrogens (tertiary/aromatic N) is 4. The number of anilines is 2. The molecule has 0 atom stereocenters. The number of aryl methyl sites for hydroxylation is 1. The lowest BCUT2D eigenvalue weighted by molar-refractivity contribution is 0.0952. The second kappa shape index (κ2) is 8.83. The highest BCUT2D eigenvalue weighted by Crippen LogP contribution is 2.17. The molecule has 1 aromatic carbocycles. The van der Waals surface area contributed by atoms with Gasteiger partial charge in [-0.05, 0) is 18.4 Å². The van der Waals surface area contributed by atoms with E-state index in [4.69, 9.17) is 4.74 Å². The molecule has 8 nitrogen and oxygen atoms in total. The molecule has 3 aromatic rings. The van der Waals surface area contributed by atoms with Crippen LogP contribution in [0.1, 0.15) is 16.2 Å². The van der Waals surface area contributed by atoms with Gasteiger partial charge in [0.25, 0.3) is 5.91 Å². The summed E-state index contributed by atoms with van der Waals surface area (Å²) in [4.78, 5) is 28.0. The van der Waals surface area contributed by atoms with Crippen LogP contribution >= 0.6 is 0 Å². The van der Waals surface area contributed by atoms with E-state index in [1.807, 2.05) is 43.3 Å². The van der Waals surface area contributed by atoms with Gasteiger partial charge in [-0.15, -0.1) is 0 Å². The minimum atomic E-state index is -0.192. The molecule has 3 heterocycles. The van der Waals surface area contributed by atoms with Crippen LogP contribution in [0.3, 0.4) is 0 Å². The summed E-state index contributed by atoms with van der Waals surface area (Å²) in [5, 5.41) is 7.94. The van der Waals surface area contributed by atoms with E-state index in [9.17, 15) is 4.79 Å². The van der Waals surface area contributed by atoms with Gasteiger partial charge < -0.3 is 20.3 Å². The van der Waals surface area contributed by atoms with Gasteiger partial charge in [-0.1, -0.05) is 24.3 Å². The molecule has 0 spiro atoms. The number of aromatic nitrogens is 3. The zero-order valence-corrected chi connectivity index (χ0v) is 16.4. The number of carbonyl (C=O) groups is 1. The third kappa shape index (κ3) is 4.60. The van der Waals surface area contributed by atoms with Crippen LogP contribution in [-0.2, 0) is 4.74 Å². The van der Waals surface area contributed by atoms with Crippen molar-refractivity contribution in [3.8, 4) is 0 Å². The van der Waals surface area contributed by atoms with Crippen molar-refractivity contribution in [1.29, 1.82) is 0 Å². The van der Waals surface area contributed by atoms with E-state index >= 15 is 0 Å². The molecule has 29 heavy (non-hydrogen) atoms. The number of amides is 1. The Bertz CT molecular complexity index is 998. The predicted molar refractivity (Wildman–Crippen MR) is 112 cm³/mol. The second-order valence-electron chi connectivity index (χ2n) is 6.85. The Morgan fingerprint density at radius 3 is 2.83 bits per heavy atom. The van der Waals surface area contributed by atoms with Gasteiger partial charge in [-0.25, -0.2) is 4.98 Å². The SMILES string of the molecule is Cc1cc(N2CCOCC2)nc(NCCNC(=O)c2nccc3ccccc23)n1. The Morgan fingerprint density at radius 2 is 1.97 bits per heavy atom. The molecule has 1 amide bonds. The minimum absolute atomic E-state index is 0.192. The molecule has 1 aliphatic rings. The number of fused-ring (bicyclic) bond motifs is 1. The maximum Gasteiger partial charge on any atom is 0.270 e. The second-order valence-corrected chi connectivity index (χ2v) is 6.85. The molecule has 1 aliphatic heterocycles. The van der Waals surface area contributed by atoms with Crippen LogP contribution in [0, 0.1) is 6.92 Å². The molecule has 8 heteroatoms. The summed E-state index contributed by atoms with van der Waals surface area (Å²) in [5.74, 6) is 1.26. The lowest BCUT2D eigenvalue weighted by atomic mass is 10.1. The number of nitrogens with one attached hydrogen (secondary N) is 2. The molecular formula is C21H24N6O2. The highest BCUT2D eigenvalue weighted by atomic mass is 16.5. The van der Waals surface area contributed by atoms with E-state index in [1.165, 1.54) is 0 Å². The van der Waals surface area contributed by atoms with Gasteiger partial charge in [-0.3, -0.25) is 9.78 Å². The van der Waals surface area contributed by atoms with E-state index in [0.29, 0.717) is 37.9 Å². The van der Waals surface area contributed by atoms with Gasteiger partial charge in [-0.2, -0.15) is 4.98 Å². The molecule has 2 aromatic heterocycles. The summed E-state index contributed by atoms with van der Waals surface area (Å²) in [6.07, 6.45) is 1.66. The first-order valence-corrected chi connectivity index (χ1v) is 9.75. The normalized spacial score (nSPS) is 14.0. The van der Waals surface area contributed by atoms with Crippen LogP contribution < -0.4 is 15.5 Å². The number of benzene rings is 1. The highest BCUT2D eigenvalue weighted by Gasteiger charge is 2.14. The van der Waals surface area contributed by atoms with Gasteiger partial charge in [0.15, 0.2) is 0 Å². The molecule has 1 saturated heterocycles. The van der Waals surface area contributed by atoms with Crippen molar-refractivity contribution in [1.82, 2.24) is 20.3 Å². The average molecular weight is 392 g/mol. The summed E-state index contributed by atoms with van der Waals surface area (Å²) in [5.41, 5.74) is 1.33. The topological polar surface area (TPSA) is 92.3 Å². The van der Waals surface area contributed by atoms with Gasteiger partial charge in [0.2, 0.25) is 5.95 Å². The number of morpholine rings is 1. The van der Waals surface area contributed by atoms with Crippen molar-refractivity contribution in [2.24, 2.45) is 0 Å². The smallest absolute Gasteiger partial charge is 0.270 e. The summed E-state index contributed by atoms with van der Waals surface area (Å²) >= 11 is 0. The molecular weight excluding hydrogens is 368 g/mol. The molecule has 4 rings (SSSR count). The van der Waals surface area contributed by atoms with Crippen LogP contribution in [0.2, 0.25) is 0 Å². The third-order valence-corrected chi connectivity index (χ3v) is 4.76. The Morgan fingerprint density at radius 1 is 1.14 bits per heavy atom. The molecule has 150 valence electrons. The van der Waals surface area contributed by atoms with E-state index in [-0.39, 0.29) is 5.91 Å². The Kier molecular flexibility index (Phi) is 5.81. The zero-order chi connectivity index (χ0) is 20.1. The summed E-state index contributed by atoms with van der Waals surface area (Å²) in [6.45, 7) is 5.97. The number of rotatable bonds is 6.